The van der Waals surface area contributed by atoms with Crippen molar-refractivity contribution in [2.24, 2.45) is 5.92 Å². The fourth-order valence-corrected chi connectivity index (χ4v) is 3.26. The van der Waals surface area contributed by atoms with Gasteiger partial charge >= 0.3 is 0 Å². The highest BCUT2D eigenvalue weighted by Gasteiger charge is 2.24. The summed E-state index contributed by atoms with van der Waals surface area (Å²) in [5, 5.41) is 3.14. The molecular weight excluding hydrogens is 312 g/mol. The summed E-state index contributed by atoms with van der Waals surface area (Å²) in [5.41, 5.74) is 1.85. The molecule has 132 valence electrons. The van der Waals surface area contributed by atoms with E-state index in [0.717, 1.165) is 32.4 Å². The molecule has 5 nitrogen and oxygen atoms in total. The Hall–Kier alpha value is -2.43. The van der Waals surface area contributed by atoms with Gasteiger partial charge in [0.2, 0.25) is 5.95 Å². The van der Waals surface area contributed by atoms with Gasteiger partial charge in [0.05, 0.1) is 0 Å². The van der Waals surface area contributed by atoms with E-state index in [1.54, 1.807) is 12.3 Å². The second-order valence-electron chi connectivity index (χ2n) is 6.99. The highest BCUT2D eigenvalue weighted by atomic mass is 16.2. The van der Waals surface area contributed by atoms with Crippen LogP contribution in [0.15, 0.2) is 42.6 Å². The first kappa shape index (κ1) is 17.4. The number of nitrogens with zero attached hydrogens (tertiary/aromatic N) is 3. The minimum Gasteiger partial charge on any atom is -0.352 e. The predicted octanol–water partition coefficient (Wildman–Crippen LogP) is 3.39. The van der Waals surface area contributed by atoms with Crippen LogP contribution in [-0.2, 0) is 6.42 Å². The van der Waals surface area contributed by atoms with Crippen LogP contribution in [0.1, 0.15) is 42.7 Å². The van der Waals surface area contributed by atoms with Crippen molar-refractivity contribution in [1.82, 2.24) is 14.9 Å². The van der Waals surface area contributed by atoms with E-state index in [1.807, 2.05) is 18.7 Å². The van der Waals surface area contributed by atoms with Gasteiger partial charge in [0.15, 0.2) is 0 Å². The number of carbonyl (C=O) groups is 1. The number of nitrogens with one attached hydrogen (secondary N) is 1. The Balaban J connectivity index is 1.56. The zero-order chi connectivity index (χ0) is 17.6. The number of rotatable bonds is 5. The Bertz CT molecular complexity index is 694. The molecule has 1 aromatic carbocycles. The van der Waals surface area contributed by atoms with Crippen molar-refractivity contribution in [2.75, 3.05) is 18.4 Å². The predicted molar refractivity (Wildman–Crippen MR) is 99.6 cm³/mol. The van der Waals surface area contributed by atoms with Crippen LogP contribution in [0.3, 0.4) is 0 Å². The van der Waals surface area contributed by atoms with Crippen molar-refractivity contribution in [3.8, 4) is 0 Å². The van der Waals surface area contributed by atoms with Crippen molar-refractivity contribution >= 4 is 11.9 Å². The number of carbonyl (C=O) groups excluding carboxylic acids is 1. The summed E-state index contributed by atoms with van der Waals surface area (Å²) in [6.07, 6.45) is 4.83. The number of aromatic nitrogens is 2. The van der Waals surface area contributed by atoms with Gasteiger partial charge in [-0.1, -0.05) is 30.3 Å². The van der Waals surface area contributed by atoms with E-state index in [4.69, 9.17) is 0 Å². The van der Waals surface area contributed by atoms with Gasteiger partial charge in [0.1, 0.15) is 5.69 Å². The second-order valence-corrected chi connectivity index (χ2v) is 6.99. The van der Waals surface area contributed by atoms with Crippen molar-refractivity contribution < 1.29 is 4.79 Å². The normalized spacial score (nSPS) is 15.4. The molecule has 5 heteroatoms. The molecule has 0 atom stereocenters. The van der Waals surface area contributed by atoms with Gasteiger partial charge < -0.3 is 10.2 Å². The molecule has 1 saturated heterocycles. The molecule has 1 aliphatic rings. The number of hydrogen-bond acceptors (Lipinski definition) is 4. The van der Waals surface area contributed by atoms with Gasteiger partial charge in [-0.3, -0.25) is 4.79 Å². The Morgan fingerprint density at radius 3 is 2.60 bits per heavy atom. The van der Waals surface area contributed by atoms with Crippen LogP contribution >= 0.6 is 0 Å². The fourth-order valence-electron chi connectivity index (χ4n) is 3.26. The summed E-state index contributed by atoms with van der Waals surface area (Å²) >= 11 is 0. The lowest BCUT2D eigenvalue weighted by molar-refractivity contribution is 0.0684. The van der Waals surface area contributed by atoms with Crippen molar-refractivity contribution in [3.05, 3.63) is 53.9 Å². The van der Waals surface area contributed by atoms with E-state index in [9.17, 15) is 4.79 Å². The van der Waals surface area contributed by atoms with Crippen LogP contribution in [-0.4, -0.2) is 39.9 Å². The Labute approximate surface area is 149 Å². The van der Waals surface area contributed by atoms with Gasteiger partial charge in [-0.25, -0.2) is 9.97 Å². The van der Waals surface area contributed by atoms with Gasteiger partial charge in [-0.2, -0.15) is 0 Å². The summed E-state index contributed by atoms with van der Waals surface area (Å²) < 4.78 is 0. The molecule has 0 spiro atoms. The van der Waals surface area contributed by atoms with Crippen LogP contribution < -0.4 is 5.32 Å². The van der Waals surface area contributed by atoms with Crippen molar-refractivity contribution in [1.29, 1.82) is 0 Å². The quantitative estimate of drug-likeness (QED) is 0.908. The molecule has 1 aromatic heterocycles. The Kier molecular flexibility index (Phi) is 5.64. The Morgan fingerprint density at radius 1 is 1.20 bits per heavy atom. The maximum absolute atomic E-state index is 12.7. The molecule has 1 amide bonds. The van der Waals surface area contributed by atoms with Crippen LogP contribution in [0.2, 0.25) is 0 Å². The first-order valence-electron chi connectivity index (χ1n) is 9.04. The zero-order valence-corrected chi connectivity index (χ0v) is 15.0. The summed E-state index contributed by atoms with van der Waals surface area (Å²) in [4.78, 5) is 23.2. The van der Waals surface area contributed by atoms with Gasteiger partial charge in [-0.15, -0.1) is 0 Å². The molecule has 0 unspecified atom stereocenters. The maximum Gasteiger partial charge on any atom is 0.272 e. The number of hydrogen-bond donors (Lipinski definition) is 1. The van der Waals surface area contributed by atoms with Gasteiger partial charge in [-0.05, 0) is 50.7 Å². The maximum atomic E-state index is 12.7. The molecule has 0 saturated carbocycles. The lowest BCUT2D eigenvalue weighted by atomic mass is 9.90. The molecular formula is C20H26N4O. The van der Waals surface area contributed by atoms with Crippen LogP contribution in [0.25, 0.3) is 0 Å². The second kappa shape index (κ2) is 8.10. The van der Waals surface area contributed by atoms with Gasteiger partial charge in [0, 0.05) is 25.3 Å². The summed E-state index contributed by atoms with van der Waals surface area (Å²) in [6.45, 7) is 5.64. The fraction of sp³-hybridized carbons (Fsp3) is 0.450. The number of likely N-dealkylation sites (tertiary alicyclic amines) is 1. The Morgan fingerprint density at radius 2 is 1.92 bits per heavy atom. The molecule has 0 radical (unpaired) electrons. The summed E-state index contributed by atoms with van der Waals surface area (Å²) in [5.74, 6) is 1.17. The van der Waals surface area contributed by atoms with Crippen LogP contribution in [0.4, 0.5) is 5.95 Å². The molecule has 1 N–H and O–H groups in total. The third-order valence-electron chi connectivity index (χ3n) is 4.56. The molecule has 3 rings (SSSR count). The number of anilines is 1. The van der Waals surface area contributed by atoms with E-state index in [1.165, 1.54) is 5.56 Å². The molecule has 1 fully saturated rings. The standard InChI is InChI=1S/C20H26N4O/c1-15(2)22-20-21-11-8-18(23-20)19(25)24-12-9-17(10-13-24)14-16-6-4-3-5-7-16/h3-8,11,15,17H,9-10,12-14H2,1-2H3,(H,21,22,23). The highest BCUT2D eigenvalue weighted by Crippen LogP contribution is 2.22. The summed E-state index contributed by atoms with van der Waals surface area (Å²) in [6, 6.07) is 12.5. The van der Waals surface area contributed by atoms with Gasteiger partial charge in [0.25, 0.3) is 5.91 Å². The average molecular weight is 338 g/mol. The van der Waals surface area contributed by atoms with Crippen LogP contribution in [0.5, 0.6) is 0 Å². The third kappa shape index (κ3) is 4.78. The number of benzene rings is 1. The van der Waals surface area contributed by atoms with E-state index in [0.29, 0.717) is 17.6 Å². The number of amides is 1. The molecule has 2 heterocycles. The van der Waals surface area contributed by atoms with E-state index >= 15 is 0 Å². The number of piperidine rings is 1. The largest absolute Gasteiger partial charge is 0.352 e. The molecule has 25 heavy (non-hydrogen) atoms. The minimum absolute atomic E-state index is 0.00682. The molecule has 1 aliphatic heterocycles. The zero-order valence-electron chi connectivity index (χ0n) is 15.0. The van der Waals surface area contributed by atoms with E-state index in [-0.39, 0.29) is 11.9 Å². The minimum atomic E-state index is 0.00682. The van der Waals surface area contributed by atoms with E-state index in [2.05, 4.69) is 45.6 Å². The summed E-state index contributed by atoms with van der Waals surface area (Å²) in [7, 11) is 0. The van der Waals surface area contributed by atoms with Crippen molar-refractivity contribution in [2.45, 2.75) is 39.2 Å². The average Bonchev–Trinajstić information content (AvgIpc) is 2.62. The lowest BCUT2D eigenvalue weighted by Gasteiger charge is -2.32. The lowest BCUT2D eigenvalue weighted by Crippen LogP contribution is -2.39. The molecule has 0 aliphatic carbocycles. The first-order chi connectivity index (χ1) is 12.1. The van der Waals surface area contributed by atoms with Crippen molar-refractivity contribution in [3.63, 3.8) is 0 Å². The highest BCUT2D eigenvalue weighted by molar-refractivity contribution is 5.92. The first-order valence-corrected chi connectivity index (χ1v) is 9.04. The molecule has 2 aromatic rings. The topological polar surface area (TPSA) is 58.1 Å². The molecule has 0 bridgehead atoms. The van der Waals surface area contributed by atoms with Crippen LogP contribution in [0, 0.1) is 5.92 Å². The monoisotopic (exact) mass is 338 g/mol. The van der Waals surface area contributed by atoms with E-state index < -0.39 is 0 Å². The third-order valence-corrected chi connectivity index (χ3v) is 4.56. The smallest absolute Gasteiger partial charge is 0.272 e. The SMILES string of the molecule is CC(C)Nc1nccc(C(=O)N2CCC(Cc3ccccc3)CC2)n1.